The number of aromatic hydroxyl groups is 1. The van der Waals surface area contributed by atoms with Crippen LogP contribution in [0.4, 0.5) is 0 Å². The highest BCUT2D eigenvalue weighted by atomic mass is 35.5. The van der Waals surface area contributed by atoms with Crippen LogP contribution in [0, 0.1) is 11.8 Å². The molecule has 0 aliphatic carbocycles. The Labute approximate surface area is 209 Å². The maximum absolute atomic E-state index is 12.6. The van der Waals surface area contributed by atoms with Crippen LogP contribution in [0.15, 0.2) is 41.4 Å². The molecule has 2 aromatic rings. The Bertz CT molecular complexity index is 1080. The second-order valence-electron chi connectivity index (χ2n) is 8.53. The molecule has 0 fully saturated rings. The lowest BCUT2D eigenvalue weighted by Gasteiger charge is -2.13. The first-order valence-electron chi connectivity index (χ1n) is 11.1. The zero-order chi connectivity index (χ0) is 26.1. The highest BCUT2D eigenvalue weighted by Gasteiger charge is 2.20. The number of methoxy groups -OCH3 is 1. The van der Waals surface area contributed by atoms with Gasteiger partial charge in [0.05, 0.1) is 11.8 Å². The van der Waals surface area contributed by atoms with E-state index in [2.05, 4.69) is 4.99 Å². The summed E-state index contributed by atoms with van der Waals surface area (Å²) in [6, 6.07) is 8.74. The number of halogens is 1. The van der Waals surface area contributed by atoms with E-state index in [0.29, 0.717) is 5.75 Å². The van der Waals surface area contributed by atoms with Gasteiger partial charge >= 0.3 is 11.9 Å². The van der Waals surface area contributed by atoms with Gasteiger partial charge in [0.25, 0.3) is 0 Å². The van der Waals surface area contributed by atoms with E-state index in [4.69, 9.17) is 25.8 Å². The average molecular weight is 504 g/mol. The summed E-state index contributed by atoms with van der Waals surface area (Å²) in [7, 11) is 1.41. The zero-order valence-corrected chi connectivity index (χ0v) is 21.2. The molecule has 0 heterocycles. The number of hydrogen-bond donors (Lipinski definition) is 1. The maximum atomic E-state index is 12.6. The Morgan fingerprint density at radius 3 is 2.17 bits per heavy atom. The van der Waals surface area contributed by atoms with E-state index >= 15 is 0 Å². The molecule has 0 spiro atoms. The first-order valence-corrected chi connectivity index (χ1v) is 11.5. The predicted molar refractivity (Wildman–Crippen MR) is 132 cm³/mol. The van der Waals surface area contributed by atoms with Crippen LogP contribution in [-0.2, 0) is 25.5 Å². The molecule has 0 saturated carbocycles. The molecule has 35 heavy (non-hydrogen) atoms. The van der Waals surface area contributed by atoms with Gasteiger partial charge in [-0.15, -0.1) is 0 Å². The lowest BCUT2D eigenvalue weighted by Crippen LogP contribution is -2.25. The molecule has 0 aliphatic heterocycles. The van der Waals surface area contributed by atoms with Gasteiger partial charge in [-0.25, -0.2) is 0 Å². The van der Waals surface area contributed by atoms with Gasteiger partial charge in [-0.05, 0) is 23.8 Å². The Balaban J connectivity index is 2.26. The van der Waals surface area contributed by atoms with Gasteiger partial charge in [0.15, 0.2) is 17.3 Å². The number of esters is 2. The second kappa shape index (κ2) is 13.0. The molecule has 1 atom stereocenters. The van der Waals surface area contributed by atoms with E-state index in [1.165, 1.54) is 25.5 Å². The van der Waals surface area contributed by atoms with Crippen molar-refractivity contribution >= 4 is 35.5 Å². The highest BCUT2D eigenvalue weighted by molar-refractivity contribution is 6.31. The monoisotopic (exact) mass is 503 g/mol. The third kappa shape index (κ3) is 8.49. The molecule has 1 unspecified atom stereocenters. The quantitative estimate of drug-likeness (QED) is 0.274. The van der Waals surface area contributed by atoms with E-state index in [1.807, 2.05) is 0 Å². The van der Waals surface area contributed by atoms with E-state index in [-0.39, 0.29) is 52.8 Å². The summed E-state index contributed by atoms with van der Waals surface area (Å²) in [4.78, 5) is 40.7. The minimum absolute atomic E-state index is 0.0936. The molecule has 2 aromatic carbocycles. The normalized spacial score (nSPS) is 12.2. The molecule has 0 amide bonds. The lowest BCUT2D eigenvalue weighted by atomic mass is 10.0. The molecule has 8 nitrogen and oxygen atoms in total. The molecule has 1 N–H and O–H groups in total. The molecule has 2 rings (SSSR count). The summed E-state index contributed by atoms with van der Waals surface area (Å²) >= 11 is 6.13. The van der Waals surface area contributed by atoms with Crippen molar-refractivity contribution in [3.8, 4) is 17.2 Å². The standard InChI is InChI=1S/C26H30ClNO7/c1-15(2)25(31)34-20-8-6-17(7-9-20)10-21(22(29)14-33-5)28-13-18-11-19(27)12-23(24(18)30)35-26(32)16(3)4/h6-9,11-13,15-16,21,30H,10,14H2,1-5H3. The number of phenolic OH excluding ortho intramolecular Hbond substituents is 1. The molecule has 188 valence electrons. The molecule has 9 heteroatoms. The van der Waals surface area contributed by atoms with Crippen LogP contribution in [0.2, 0.25) is 5.02 Å². The van der Waals surface area contributed by atoms with Gasteiger partial charge in [-0.1, -0.05) is 51.4 Å². The summed E-state index contributed by atoms with van der Waals surface area (Å²) in [6.07, 6.45) is 1.55. The molecule has 0 aromatic heterocycles. The zero-order valence-electron chi connectivity index (χ0n) is 20.4. The lowest BCUT2D eigenvalue weighted by molar-refractivity contribution is -0.138. The van der Waals surface area contributed by atoms with Crippen molar-refractivity contribution in [1.29, 1.82) is 0 Å². The first-order chi connectivity index (χ1) is 16.5. The Morgan fingerprint density at radius 1 is 1.00 bits per heavy atom. The van der Waals surface area contributed by atoms with E-state index in [0.717, 1.165) is 5.56 Å². The molecular weight excluding hydrogens is 474 g/mol. The van der Waals surface area contributed by atoms with Crippen LogP contribution < -0.4 is 9.47 Å². The van der Waals surface area contributed by atoms with Crippen LogP contribution in [0.3, 0.4) is 0 Å². The predicted octanol–water partition coefficient (Wildman–Crippen LogP) is 4.41. The van der Waals surface area contributed by atoms with E-state index in [1.54, 1.807) is 52.0 Å². The number of benzene rings is 2. The van der Waals surface area contributed by atoms with E-state index in [9.17, 15) is 19.5 Å². The first kappa shape index (κ1) is 28.0. The third-order valence-electron chi connectivity index (χ3n) is 4.85. The topological polar surface area (TPSA) is 111 Å². The van der Waals surface area contributed by atoms with Crippen LogP contribution >= 0.6 is 11.6 Å². The van der Waals surface area contributed by atoms with Gasteiger partial charge in [0.2, 0.25) is 0 Å². The van der Waals surface area contributed by atoms with Gasteiger partial charge in [-0.3, -0.25) is 19.4 Å². The summed E-state index contributed by atoms with van der Waals surface area (Å²) in [5.74, 6) is -1.80. The number of rotatable bonds is 11. The fourth-order valence-corrected chi connectivity index (χ4v) is 3.02. The van der Waals surface area contributed by atoms with Crippen molar-refractivity contribution in [1.82, 2.24) is 0 Å². The Hall–Kier alpha value is -3.23. The fourth-order valence-electron chi connectivity index (χ4n) is 2.81. The third-order valence-corrected chi connectivity index (χ3v) is 5.06. The number of ether oxygens (including phenoxy) is 3. The summed E-state index contributed by atoms with van der Waals surface area (Å²) in [5.41, 5.74) is 0.970. The smallest absolute Gasteiger partial charge is 0.313 e. The van der Waals surface area contributed by atoms with Crippen LogP contribution in [-0.4, -0.2) is 48.8 Å². The minimum atomic E-state index is -0.820. The summed E-state index contributed by atoms with van der Waals surface area (Å²) < 4.78 is 15.5. The highest BCUT2D eigenvalue weighted by Crippen LogP contribution is 2.33. The number of Topliss-reactive ketones (excluding diaryl/α,β-unsaturated/α-hetero) is 1. The number of carbonyl (C=O) groups is 3. The van der Waals surface area contributed by atoms with Crippen molar-refractivity contribution in [3.05, 3.63) is 52.5 Å². The molecule has 0 bridgehead atoms. The number of phenols is 1. The van der Waals surface area contributed by atoms with Gasteiger partial charge in [0, 0.05) is 36.4 Å². The minimum Gasteiger partial charge on any atom is -0.504 e. The van der Waals surface area contributed by atoms with Crippen molar-refractivity contribution in [3.63, 3.8) is 0 Å². The van der Waals surface area contributed by atoms with Crippen molar-refractivity contribution in [2.45, 2.75) is 40.2 Å². The number of hydrogen-bond acceptors (Lipinski definition) is 8. The summed E-state index contributed by atoms with van der Waals surface area (Å²) in [6.45, 7) is 6.68. The molecular formula is C26H30ClNO7. The number of aliphatic imine (C=N–C) groups is 1. The second-order valence-corrected chi connectivity index (χ2v) is 8.97. The van der Waals surface area contributed by atoms with Crippen LogP contribution in [0.25, 0.3) is 0 Å². The molecule has 0 aliphatic rings. The number of nitrogens with zero attached hydrogens (tertiary/aromatic N) is 1. The molecule has 0 saturated heterocycles. The summed E-state index contributed by atoms with van der Waals surface area (Å²) in [5, 5.41) is 10.8. The van der Waals surface area contributed by atoms with E-state index < -0.39 is 17.9 Å². The van der Waals surface area contributed by atoms with Crippen molar-refractivity contribution in [2.75, 3.05) is 13.7 Å². The van der Waals surface area contributed by atoms with Crippen LogP contribution in [0.1, 0.15) is 38.8 Å². The molecule has 0 radical (unpaired) electrons. The van der Waals surface area contributed by atoms with Gasteiger partial charge in [0.1, 0.15) is 18.4 Å². The Morgan fingerprint density at radius 2 is 1.60 bits per heavy atom. The average Bonchev–Trinajstić information content (AvgIpc) is 2.80. The van der Waals surface area contributed by atoms with Crippen molar-refractivity contribution in [2.24, 2.45) is 16.8 Å². The Kier molecular flexibility index (Phi) is 10.4. The SMILES string of the molecule is COCC(=O)C(Cc1ccc(OC(=O)C(C)C)cc1)N=Cc1cc(Cl)cc(OC(=O)C(C)C)c1O. The number of ketones is 1. The van der Waals surface area contributed by atoms with Gasteiger partial charge < -0.3 is 19.3 Å². The fraction of sp³-hybridized carbons (Fsp3) is 0.385. The maximum Gasteiger partial charge on any atom is 0.313 e. The van der Waals surface area contributed by atoms with Gasteiger partial charge in [-0.2, -0.15) is 0 Å². The van der Waals surface area contributed by atoms with Crippen molar-refractivity contribution < 1.29 is 33.7 Å². The number of carbonyl (C=O) groups excluding carboxylic acids is 3. The van der Waals surface area contributed by atoms with Crippen LogP contribution in [0.5, 0.6) is 17.2 Å². The largest absolute Gasteiger partial charge is 0.504 e.